The number of nitrogens with zero attached hydrogens (tertiary/aromatic N) is 3. The molecule has 2 heterocycles. The number of anilines is 1. The predicted octanol–water partition coefficient (Wildman–Crippen LogP) is 5.05. The summed E-state index contributed by atoms with van der Waals surface area (Å²) in [7, 11) is 0. The third-order valence-electron chi connectivity index (χ3n) is 5.91. The fourth-order valence-electron chi connectivity index (χ4n) is 4.31. The third-order valence-corrected chi connectivity index (χ3v) is 5.91. The van der Waals surface area contributed by atoms with Crippen LogP contribution < -0.4 is 4.90 Å². The van der Waals surface area contributed by atoms with Crippen LogP contribution in [0.1, 0.15) is 29.3 Å². The van der Waals surface area contributed by atoms with E-state index in [9.17, 15) is 9.18 Å². The molecular weight excluding hydrogens is 377 g/mol. The molecular formula is C25H22FN3O. The fourth-order valence-corrected chi connectivity index (χ4v) is 4.31. The van der Waals surface area contributed by atoms with Gasteiger partial charge in [0.15, 0.2) is 0 Å². The minimum Gasteiger partial charge on any atom is -0.323 e. The number of benzene rings is 3. The average molecular weight is 399 g/mol. The first-order chi connectivity index (χ1) is 14.6. The van der Waals surface area contributed by atoms with Crippen molar-refractivity contribution in [1.29, 1.82) is 0 Å². The smallest absolute Gasteiger partial charge is 0.227 e. The number of para-hydroxylation sites is 3. The monoisotopic (exact) mass is 399 g/mol. The number of imidazole rings is 1. The van der Waals surface area contributed by atoms with Gasteiger partial charge in [-0.25, -0.2) is 9.37 Å². The zero-order valence-electron chi connectivity index (χ0n) is 16.8. The van der Waals surface area contributed by atoms with Gasteiger partial charge in [0.2, 0.25) is 5.91 Å². The lowest BCUT2D eigenvalue weighted by atomic mass is 10.1. The molecule has 0 spiro atoms. The molecule has 1 amide bonds. The topological polar surface area (TPSA) is 38.1 Å². The van der Waals surface area contributed by atoms with Gasteiger partial charge in [0.1, 0.15) is 11.6 Å². The van der Waals surface area contributed by atoms with Crippen LogP contribution in [0.2, 0.25) is 0 Å². The highest BCUT2D eigenvalue weighted by molar-refractivity contribution is 5.96. The highest BCUT2D eigenvalue weighted by Gasteiger charge is 2.35. The number of fused-ring (bicyclic) bond motifs is 1. The average Bonchev–Trinajstić information content (AvgIpc) is 3.31. The van der Waals surface area contributed by atoms with Gasteiger partial charge in [-0.15, -0.1) is 0 Å². The minimum absolute atomic E-state index is 0.0698. The first-order valence-corrected chi connectivity index (χ1v) is 10.2. The molecule has 0 radical (unpaired) electrons. The molecule has 30 heavy (non-hydrogen) atoms. The lowest BCUT2D eigenvalue weighted by Crippen LogP contribution is -2.25. The standard InChI is InChI=1S/C25H22FN3O/c1-17-8-2-3-9-18(17)15-29-23-13-7-5-11-21(23)27-25(29)19-14-24(30)28(16-19)22-12-6-4-10-20(22)26/h2-13,19H,14-16H2,1H3/t19-/m0/s1. The summed E-state index contributed by atoms with van der Waals surface area (Å²) in [5.74, 6) is 0.347. The second-order valence-electron chi connectivity index (χ2n) is 7.83. The SMILES string of the molecule is Cc1ccccc1Cn1c([C@H]2CC(=O)N(c3ccccc3F)C2)nc2ccccc21. The third kappa shape index (κ3) is 3.16. The van der Waals surface area contributed by atoms with Gasteiger partial charge in [0, 0.05) is 25.4 Å². The Morgan fingerprint density at radius 3 is 2.57 bits per heavy atom. The Morgan fingerprint density at radius 1 is 1.00 bits per heavy atom. The van der Waals surface area contributed by atoms with Crippen molar-refractivity contribution in [2.24, 2.45) is 0 Å². The van der Waals surface area contributed by atoms with E-state index in [0.717, 1.165) is 16.9 Å². The fraction of sp³-hybridized carbons (Fsp3) is 0.200. The Labute approximate surface area is 174 Å². The Kier molecular flexibility index (Phi) is 4.58. The minimum atomic E-state index is -0.375. The maximum Gasteiger partial charge on any atom is 0.227 e. The van der Waals surface area contributed by atoms with Crippen LogP contribution in [-0.4, -0.2) is 22.0 Å². The van der Waals surface area contributed by atoms with Crippen molar-refractivity contribution in [3.05, 3.63) is 95.6 Å². The van der Waals surface area contributed by atoms with Gasteiger partial charge in [0.05, 0.1) is 16.7 Å². The number of amides is 1. The van der Waals surface area contributed by atoms with E-state index in [0.29, 0.717) is 25.2 Å². The zero-order chi connectivity index (χ0) is 20.7. The Morgan fingerprint density at radius 2 is 1.73 bits per heavy atom. The van der Waals surface area contributed by atoms with Gasteiger partial charge in [-0.1, -0.05) is 48.5 Å². The number of rotatable bonds is 4. The van der Waals surface area contributed by atoms with Crippen molar-refractivity contribution < 1.29 is 9.18 Å². The van der Waals surface area contributed by atoms with Gasteiger partial charge in [0.25, 0.3) is 0 Å². The summed E-state index contributed by atoms with van der Waals surface area (Å²) in [5.41, 5.74) is 4.74. The Bertz CT molecular complexity index is 1250. The maximum atomic E-state index is 14.3. The molecule has 0 aliphatic carbocycles. The largest absolute Gasteiger partial charge is 0.323 e. The highest BCUT2D eigenvalue weighted by Crippen LogP contribution is 2.34. The van der Waals surface area contributed by atoms with E-state index in [1.165, 1.54) is 17.2 Å². The van der Waals surface area contributed by atoms with Gasteiger partial charge in [-0.2, -0.15) is 0 Å². The number of aromatic nitrogens is 2. The molecule has 1 fully saturated rings. The molecule has 1 aliphatic rings. The van der Waals surface area contributed by atoms with E-state index in [4.69, 9.17) is 4.98 Å². The van der Waals surface area contributed by atoms with E-state index < -0.39 is 0 Å². The number of halogens is 1. The van der Waals surface area contributed by atoms with Gasteiger partial charge in [-0.05, 0) is 42.3 Å². The van der Waals surface area contributed by atoms with Crippen LogP contribution in [0.15, 0.2) is 72.8 Å². The van der Waals surface area contributed by atoms with E-state index in [1.54, 1.807) is 23.1 Å². The first-order valence-electron chi connectivity index (χ1n) is 10.2. The van der Waals surface area contributed by atoms with Crippen LogP contribution in [0.5, 0.6) is 0 Å². The molecule has 0 saturated carbocycles. The molecule has 4 aromatic rings. The van der Waals surface area contributed by atoms with Crippen LogP contribution in [-0.2, 0) is 11.3 Å². The van der Waals surface area contributed by atoms with Crippen molar-refractivity contribution in [2.45, 2.75) is 25.8 Å². The lowest BCUT2D eigenvalue weighted by molar-refractivity contribution is -0.117. The molecule has 1 aliphatic heterocycles. The molecule has 5 heteroatoms. The number of aryl methyl sites for hydroxylation is 1. The van der Waals surface area contributed by atoms with Gasteiger partial charge >= 0.3 is 0 Å². The van der Waals surface area contributed by atoms with Gasteiger partial charge in [-0.3, -0.25) is 4.79 Å². The van der Waals surface area contributed by atoms with Crippen LogP contribution in [0.3, 0.4) is 0 Å². The molecule has 1 atom stereocenters. The summed E-state index contributed by atoms with van der Waals surface area (Å²) in [6.07, 6.45) is 0.325. The summed E-state index contributed by atoms with van der Waals surface area (Å²) in [4.78, 5) is 19.2. The molecule has 0 N–H and O–H groups in total. The predicted molar refractivity (Wildman–Crippen MR) is 116 cm³/mol. The second-order valence-corrected chi connectivity index (χ2v) is 7.83. The van der Waals surface area contributed by atoms with Crippen molar-refractivity contribution >= 4 is 22.6 Å². The second kappa shape index (κ2) is 7.41. The number of carbonyl (C=O) groups excluding carboxylic acids is 1. The van der Waals surface area contributed by atoms with Crippen LogP contribution in [0.25, 0.3) is 11.0 Å². The van der Waals surface area contributed by atoms with Crippen molar-refractivity contribution in [3.8, 4) is 0 Å². The van der Waals surface area contributed by atoms with E-state index in [2.05, 4.69) is 29.7 Å². The maximum absolute atomic E-state index is 14.3. The molecule has 0 bridgehead atoms. The summed E-state index contributed by atoms with van der Waals surface area (Å²) in [6.45, 7) is 3.22. The summed E-state index contributed by atoms with van der Waals surface area (Å²) in [6, 6.07) is 22.8. The van der Waals surface area contributed by atoms with E-state index in [-0.39, 0.29) is 17.6 Å². The van der Waals surface area contributed by atoms with E-state index in [1.807, 2.05) is 30.3 Å². The summed E-state index contributed by atoms with van der Waals surface area (Å²) in [5, 5.41) is 0. The van der Waals surface area contributed by atoms with E-state index >= 15 is 0 Å². The van der Waals surface area contributed by atoms with Crippen molar-refractivity contribution in [2.75, 3.05) is 11.4 Å². The van der Waals surface area contributed by atoms with Crippen LogP contribution in [0, 0.1) is 12.7 Å². The molecule has 150 valence electrons. The molecule has 4 nitrogen and oxygen atoms in total. The number of hydrogen-bond acceptors (Lipinski definition) is 2. The summed E-state index contributed by atoms with van der Waals surface area (Å²) < 4.78 is 16.5. The number of hydrogen-bond donors (Lipinski definition) is 0. The molecule has 5 rings (SSSR count). The molecule has 3 aromatic carbocycles. The Balaban J connectivity index is 1.55. The van der Waals surface area contributed by atoms with Gasteiger partial charge < -0.3 is 9.47 Å². The zero-order valence-corrected chi connectivity index (χ0v) is 16.8. The van der Waals surface area contributed by atoms with Crippen molar-refractivity contribution in [1.82, 2.24) is 9.55 Å². The quantitative estimate of drug-likeness (QED) is 0.481. The lowest BCUT2D eigenvalue weighted by Gasteiger charge is -2.18. The summed E-state index contributed by atoms with van der Waals surface area (Å²) >= 11 is 0. The van der Waals surface area contributed by atoms with Crippen LogP contribution >= 0.6 is 0 Å². The first kappa shape index (κ1) is 18.6. The normalized spacial score (nSPS) is 16.5. The molecule has 1 aromatic heterocycles. The van der Waals surface area contributed by atoms with Crippen LogP contribution in [0.4, 0.5) is 10.1 Å². The molecule has 1 saturated heterocycles. The van der Waals surface area contributed by atoms with Crippen molar-refractivity contribution in [3.63, 3.8) is 0 Å². The number of carbonyl (C=O) groups is 1. The highest BCUT2D eigenvalue weighted by atomic mass is 19.1. The molecule has 0 unspecified atom stereocenters. The Hall–Kier alpha value is -3.47.